The Labute approximate surface area is 173 Å². The van der Waals surface area contributed by atoms with Crippen molar-refractivity contribution in [2.24, 2.45) is 11.8 Å². The summed E-state index contributed by atoms with van der Waals surface area (Å²) in [4.78, 5) is 14.9. The van der Waals surface area contributed by atoms with E-state index in [0.717, 1.165) is 25.9 Å². The smallest absolute Gasteiger partial charge is 0.253 e. The second-order valence-corrected chi connectivity index (χ2v) is 9.37. The zero-order valence-corrected chi connectivity index (χ0v) is 18.2. The van der Waals surface area contributed by atoms with Crippen LogP contribution in [-0.4, -0.2) is 58.6 Å². The summed E-state index contributed by atoms with van der Waals surface area (Å²) in [7, 11) is -2.34. The first-order valence-electron chi connectivity index (χ1n) is 9.52. The molecule has 2 fully saturated rings. The van der Waals surface area contributed by atoms with Crippen molar-refractivity contribution >= 4 is 28.3 Å². The van der Waals surface area contributed by atoms with Gasteiger partial charge in [-0.05, 0) is 69.8 Å². The van der Waals surface area contributed by atoms with Gasteiger partial charge < -0.3 is 15.0 Å². The number of fused-ring (bicyclic) bond motifs is 1. The number of rotatable bonds is 5. The minimum absolute atomic E-state index is 0. The molecule has 3 rings (SSSR count). The van der Waals surface area contributed by atoms with E-state index in [1.54, 1.807) is 26.0 Å². The normalized spacial score (nSPS) is 22.4. The highest BCUT2D eigenvalue weighted by Crippen LogP contribution is 2.29. The SMILES string of the molecule is COc1ccc(C(=O)N2CC[C@@H]3CNC[C@@H]3CC2)cc1S(=O)(=O)NC(C)C.Cl. The zero-order chi connectivity index (χ0) is 19.6. The van der Waals surface area contributed by atoms with E-state index in [9.17, 15) is 13.2 Å². The number of hydrogen-bond donors (Lipinski definition) is 2. The Hall–Kier alpha value is -1.35. The lowest BCUT2D eigenvalue weighted by atomic mass is 9.92. The molecule has 28 heavy (non-hydrogen) atoms. The van der Waals surface area contributed by atoms with E-state index in [1.807, 2.05) is 4.90 Å². The predicted octanol–water partition coefficient (Wildman–Crippen LogP) is 1.88. The van der Waals surface area contributed by atoms with Crippen LogP contribution in [0.1, 0.15) is 37.0 Å². The number of carbonyl (C=O) groups excluding carboxylic acids is 1. The van der Waals surface area contributed by atoms with Gasteiger partial charge in [-0.15, -0.1) is 12.4 Å². The quantitative estimate of drug-likeness (QED) is 0.743. The molecular formula is C19H30ClN3O4S. The molecule has 2 N–H and O–H groups in total. The monoisotopic (exact) mass is 431 g/mol. The number of methoxy groups -OCH3 is 1. The Morgan fingerprint density at radius 3 is 2.36 bits per heavy atom. The Balaban J connectivity index is 0.00000280. The first-order valence-corrected chi connectivity index (χ1v) is 11.0. The van der Waals surface area contributed by atoms with E-state index in [1.165, 1.54) is 13.2 Å². The van der Waals surface area contributed by atoms with Gasteiger partial charge in [0.25, 0.3) is 5.91 Å². The number of carbonyl (C=O) groups is 1. The molecule has 0 unspecified atom stereocenters. The lowest BCUT2D eigenvalue weighted by Gasteiger charge is -2.22. The van der Waals surface area contributed by atoms with Crippen LogP contribution in [-0.2, 0) is 10.0 Å². The lowest BCUT2D eigenvalue weighted by Crippen LogP contribution is -2.33. The van der Waals surface area contributed by atoms with Crippen LogP contribution in [0, 0.1) is 11.8 Å². The maximum absolute atomic E-state index is 13.0. The Kier molecular flexibility index (Phi) is 7.73. The standard InChI is InChI=1S/C19H29N3O4S.ClH/c1-13(2)21-27(24,25)18-10-14(4-5-17(18)26-3)19(23)22-8-6-15-11-20-12-16(15)7-9-22;/h4-5,10,13,15-16,20-21H,6-9,11-12H2,1-3H3;1H/t15-,16+;. The van der Waals surface area contributed by atoms with E-state index in [2.05, 4.69) is 10.0 Å². The van der Waals surface area contributed by atoms with Gasteiger partial charge in [-0.3, -0.25) is 4.79 Å². The van der Waals surface area contributed by atoms with Crippen molar-refractivity contribution in [3.05, 3.63) is 23.8 Å². The molecule has 0 bridgehead atoms. The van der Waals surface area contributed by atoms with Crippen molar-refractivity contribution in [1.29, 1.82) is 0 Å². The van der Waals surface area contributed by atoms with Crippen LogP contribution in [0.25, 0.3) is 0 Å². The summed E-state index contributed by atoms with van der Waals surface area (Å²) in [5, 5.41) is 3.43. The first kappa shape index (κ1) is 22.9. The van der Waals surface area contributed by atoms with Crippen LogP contribution in [0.15, 0.2) is 23.1 Å². The molecule has 7 nitrogen and oxygen atoms in total. The molecule has 9 heteroatoms. The van der Waals surface area contributed by atoms with Gasteiger partial charge in [-0.1, -0.05) is 0 Å². The molecule has 2 aliphatic heterocycles. The number of likely N-dealkylation sites (tertiary alicyclic amines) is 1. The average Bonchev–Trinajstić information content (AvgIpc) is 2.98. The third-order valence-electron chi connectivity index (χ3n) is 5.40. The number of halogens is 1. The minimum atomic E-state index is -3.76. The number of ether oxygens (including phenoxy) is 1. The molecular weight excluding hydrogens is 402 g/mol. The van der Waals surface area contributed by atoms with E-state index >= 15 is 0 Å². The topological polar surface area (TPSA) is 87.7 Å². The number of sulfonamides is 1. The third-order valence-corrected chi connectivity index (χ3v) is 7.08. The third kappa shape index (κ3) is 4.97. The molecule has 0 saturated carbocycles. The summed E-state index contributed by atoms with van der Waals surface area (Å²) >= 11 is 0. The van der Waals surface area contributed by atoms with E-state index < -0.39 is 10.0 Å². The molecule has 2 saturated heterocycles. The van der Waals surface area contributed by atoms with Crippen molar-refractivity contribution in [3.63, 3.8) is 0 Å². The van der Waals surface area contributed by atoms with Crippen molar-refractivity contribution < 1.29 is 17.9 Å². The van der Waals surface area contributed by atoms with Crippen molar-refractivity contribution in [2.75, 3.05) is 33.3 Å². The van der Waals surface area contributed by atoms with Crippen LogP contribution in [0.3, 0.4) is 0 Å². The maximum atomic E-state index is 13.0. The van der Waals surface area contributed by atoms with Gasteiger partial charge in [-0.2, -0.15) is 0 Å². The maximum Gasteiger partial charge on any atom is 0.253 e. The van der Waals surface area contributed by atoms with Crippen LogP contribution in [0.5, 0.6) is 5.75 Å². The van der Waals surface area contributed by atoms with Gasteiger partial charge in [0.15, 0.2) is 0 Å². The second-order valence-electron chi connectivity index (χ2n) is 7.69. The number of hydrogen-bond acceptors (Lipinski definition) is 5. The van der Waals surface area contributed by atoms with E-state index in [4.69, 9.17) is 4.74 Å². The fraction of sp³-hybridized carbons (Fsp3) is 0.632. The number of benzene rings is 1. The fourth-order valence-corrected chi connectivity index (χ4v) is 5.44. The first-order chi connectivity index (χ1) is 12.8. The summed E-state index contributed by atoms with van der Waals surface area (Å²) < 4.78 is 33.0. The fourth-order valence-electron chi connectivity index (χ4n) is 4.00. The Morgan fingerprint density at radius 2 is 1.82 bits per heavy atom. The highest BCUT2D eigenvalue weighted by Gasteiger charge is 2.32. The molecule has 0 spiro atoms. The molecule has 158 valence electrons. The molecule has 2 heterocycles. The van der Waals surface area contributed by atoms with Crippen LogP contribution < -0.4 is 14.8 Å². The van der Waals surface area contributed by atoms with Gasteiger partial charge in [0.1, 0.15) is 10.6 Å². The zero-order valence-electron chi connectivity index (χ0n) is 16.6. The summed E-state index contributed by atoms with van der Waals surface area (Å²) in [6, 6.07) is 4.37. The average molecular weight is 432 g/mol. The molecule has 1 aromatic carbocycles. The van der Waals surface area contributed by atoms with Crippen molar-refractivity contribution in [3.8, 4) is 5.75 Å². The van der Waals surface area contributed by atoms with Crippen LogP contribution >= 0.6 is 12.4 Å². The molecule has 0 radical (unpaired) electrons. The molecule has 0 aromatic heterocycles. The highest BCUT2D eigenvalue weighted by atomic mass is 35.5. The summed E-state index contributed by atoms with van der Waals surface area (Å²) in [5.41, 5.74) is 0.380. The van der Waals surface area contributed by atoms with E-state index in [0.29, 0.717) is 30.5 Å². The van der Waals surface area contributed by atoms with Gasteiger partial charge >= 0.3 is 0 Å². The van der Waals surface area contributed by atoms with Crippen LogP contribution in [0.4, 0.5) is 0 Å². The second kappa shape index (κ2) is 9.43. The molecule has 1 aromatic rings. The van der Waals surface area contributed by atoms with Gasteiger partial charge in [0, 0.05) is 24.7 Å². The molecule has 2 aliphatic rings. The van der Waals surface area contributed by atoms with Crippen LogP contribution in [0.2, 0.25) is 0 Å². The number of nitrogens with one attached hydrogen (secondary N) is 2. The largest absolute Gasteiger partial charge is 0.495 e. The van der Waals surface area contributed by atoms with Gasteiger partial charge in [-0.25, -0.2) is 13.1 Å². The van der Waals surface area contributed by atoms with Crippen molar-refractivity contribution in [1.82, 2.24) is 14.9 Å². The van der Waals surface area contributed by atoms with Gasteiger partial charge in [0.05, 0.1) is 7.11 Å². The molecule has 2 atom stereocenters. The highest BCUT2D eigenvalue weighted by molar-refractivity contribution is 7.89. The predicted molar refractivity (Wildman–Crippen MR) is 111 cm³/mol. The molecule has 1 amide bonds. The molecule has 0 aliphatic carbocycles. The number of amides is 1. The number of nitrogens with zero attached hydrogens (tertiary/aromatic N) is 1. The van der Waals surface area contributed by atoms with Crippen molar-refractivity contribution in [2.45, 2.75) is 37.6 Å². The minimum Gasteiger partial charge on any atom is -0.495 e. The summed E-state index contributed by atoms with van der Waals surface area (Å²) in [6.45, 7) is 6.97. The summed E-state index contributed by atoms with van der Waals surface area (Å²) in [6.07, 6.45) is 1.97. The Bertz CT molecular complexity index is 786. The van der Waals surface area contributed by atoms with Gasteiger partial charge in [0.2, 0.25) is 10.0 Å². The Morgan fingerprint density at radius 1 is 1.21 bits per heavy atom. The lowest BCUT2D eigenvalue weighted by molar-refractivity contribution is 0.0758. The summed E-state index contributed by atoms with van der Waals surface area (Å²) in [5.74, 6) is 1.37. The van der Waals surface area contributed by atoms with E-state index in [-0.39, 0.29) is 35.0 Å².